The van der Waals surface area contributed by atoms with E-state index in [4.69, 9.17) is 0 Å². The number of hydrogen-bond acceptors (Lipinski definition) is 5. The third-order valence-corrected chi connectivity index (χ3v) is 7.62. The molecule has 2 aliphatic rings. The average molecular weight is 409 g/mol. The van der Waals surface area contributed by atoms with Crippen LogP contribution >= 0.6 is 0 Å². The summed E-state index contributed by atoms with van der Waals surface area (Å²) in [6.07, 6.45) is 2.32. The largest absolute Gasteiger partial charge is 0.340 e. The first-order valence-electron chi connectivity index (χ1n) is 10.3. The zero-order valence-electron chi connectivity index (χ0n) is 16.7. The fourth-order valence-corrected chi connectivity index (χ4v) is 5.60. The van der Waals surface area contributed by atoms with Crippen molar-refractivity contribution in [2.75, 3.05) is 52.4 Å². The minimum atomic E-state index is -3.62. The van der Waals surface area contributed by atoms with Gasteiger partial charge in [0.15, 0.2) is 0 Å². The molecule has 0 aliphatic carbocycles. The van der Waals surface area contributed by atoms with Crippen molar-refractivity contribution in [3.8, 4) is 0 Å². The summed E-state index contributed by atoms with van der Waals surface area (Å²) in [5, 5.41) is 3.23. The van der Waals surface area contributed by atoms with Crippen molar-refractivity contribution < 1.29 is 13.2 Å². The lowest BCUT2D eigenvalue weighted by Gasteiger charge is -2.31. The molecule has 156 valence electrons. The van der Waals surface area contributed by atoms with E-state index in [1.54, 1.807) is 24.3 Å². The number of rotatable bonds is 8. The van der Waals surface area contributed by atoms with Gasteiger partial charge in [-0.3, -0.25) is 9.69 Å². The molecule has 0 saturated carbocycles. The van der Waals surface area contributed by atoms with Crippen LogP contribution in [-0.2, 0) is 14.8 Å². The van der Waals surface area contributed by atoms with E-state index < -0.39 is 10.0 Å². The van der Waals surface area contributed by atoms with Gasteiger partial charge in [-0.15, -0.1) is 0 Å². The molecule has 3 rings (SSSR count). The summed E-state index contributed by atoms with van der Waals surface area (Å²) >= 11 is 0. The van der Waals surface area contributed by atoms with Gasteiger partial charge in [-0.1, -0.05) is 25.1 Å². The maximum atomic E-state index is 13.3. The maximum Gasteiger partial charge on any atom is 0.243 e. The molecular weight excluding hydrogens is 376 g/mol. The predicted octanol–water partition coefficient (Wildman–Crippen LogP) is 0.984. The number of sulfonamides is 1. The normalized spacial score (nSPS) is 21.4. The smallest absolute Gasteiger partial charge is 0.243 e. The lowest BCUT2D eigenvalue weighted by atomic mass is 10.2. The molecule has 2 aliphatic heterocycles. The number of carbonyl (C=O) groups is 1. The minimum absolute atomic E-state index is 0.0357. The number of likely N-dealkylation sites (N-methyl/N-ethyl adjacent to an activating group) is 1. The summed E-state index contributed by atoms with van der Waals surface area (Å²) in [6, 6.07) is 8.78. The van der Waals surface area contributed by atoms with Crippen molar-refractivity contribution in [2.24, 2.45) is 0 Å². The molecule has 1 atom stereocenters. The van der Waals surface area contributed by atoms with Crippen LogP contribution in [0.5, 0.6) is 0 Å². The lowest BCUT2D eigenvalue weighted by molar-refractivity contribution is -0.131. The van der Waals surface area contributed by atoms with E-state index in [-0.39, 0.29) is 24.9 Å². The van der Waals surface area contributed by atoms with Crippen LogP contribution in [0.15, 0.2) is 35.2 Å². The highest BCUT2D eigenvalue weighted by atomic mass is 32.2. The Morgan fingerprint density at radius 3 is 2.57 bits per heavy atom. The van der Waals surface area contributed by atoms with Crippen LogP contribution in [0.1, 0.15) is 26.2 Å². The second kappa shape index (κ2) is 9.82. The van der Waals surface area contributed by atoms with Crippen LogP contribution in [0.2, 0.25) is 0 Å². The Hall–Kier alpha value is -1.48. The third kappa shape index (κ3) is 5.11. The van der Waals surface area contributed by atoms with Crippen molar-refractivity contribution >= 4 is 15.9 Å². The topological polar surface area (TPSA) is 73.0 Å². The Labute approximate surface area is 168 Å². The van der Waals surface area contributed by atoms with Crippen molar-refractivity contribution in [1.82, 2.24) is 19.4 Å². The highest BCUT2D eigenvalue weighted by Crippen LogP contribution is 2.22. The van der Waals surface area contributed by atoms with E-state index >= 15 is 0 Å². The quantitative estimate of drug-likeness (QED) is 0.694. The Morgan fingerprint density at radius 1 is 1.18 bits per heavy atom. The van der Waals surface area contributed by atoms with E-state index in [9.17, 15) is 13.2 Å². The van der Waals surface area contributed by atoms with E-state index in [1.165, 1.54) is 4.31 Å². The summed E-state index contributed by atoms with van der Waals surface area (Å²) in [6.45, 7) is 7.70. The second-order valence-electron chi connectivity index (χ2n) is 7.48. The number of hydrogen-bond donors (Lipinski definition) is 1. The molecule has 7 nitrogen and oxygen atoms in total. The van der Waals surface area contributed by atoms with Gasteiger partial charge in [-0.2, -0.15) is 4.31 Å². The molecule has 1 aromatic rings. The first-order chi connectivity index (χ1) is 13.5. The number of amides is 1. The predicted molar refractivity (Wildman–Crippen MR) is 110 cm³/mol. The molecular formula is C20H32N4O3S. The molecule has 28 heavy (non-hydrogen) atoms. The SMILES string of the molecule is CCN1CCC[C@H]1CN(CCC(=O)N1CCNCC1)S(=O)(=O)c1ccccc1. The molecule has 1 amide bonds. The Bertz CT molecular complexity index is 735. The summed E-state index contributed by atoms with van der Waals surface area (Å²) in [4.78, 5) is 17.1. The third-order valence-electron chi connectivity index (χ3n) is 5.75. The molecule has 2 heterocycles. The average Bonchev–Trinajstić information content (AvgIpc) is 3.19. The zero-order chi connectivity index (χ0) is 20.0. The number of carbonyl (C=O) groups excluding carboxylic acids is 1. The molecule has 0 radical (unpaired) electrons. The standard InChI is InChI=1S/C20H32N4O3S/c1-2-22-13-6-7-18(22)17-24(28(26,27)19-8-4-3-5-9-19)14-10-20(25)23-15-11-21-12-16-23/h3-5,8-9,18,21H,2,6-7,10-17H2,1H3/t18-/m0/s1. The van der Waals surface area contributed by atoms with Gasteiger partial charge in [-0.05, 0) is 38.1 Å². The second-order valence-corrected chi connectivity index (χ2v) is 9.42. The van der Waals surface area contributed by atoms with E-state index in [0.29, 0.717) is 24.5 Å². The van der Waals surface area contributed by atoms with Gasteiger partial charge in [0.2, 0.25) is 15.9 Å². The van der Waals surface area contributed by atoms with Crippen molar-refractivity contribution in [1.29, 1.82) is 0 Å². The molecule has 0 bridgehead atoms. The monoisotopic (exact) mass is 408 g/mol. The molecule has 1 aromatic carbocycles. The number of nitrogens with zero attached hydrogens (tertiary/aromatic N) is 3. The van der Waals surface area contributed by atoms with Gasteiger partial charge >= 0.3 is 0 Å². The number of nitrogens with one attached hydrogen (secondary N) is 1. The van der Waals surface area contributed by atoms with E-state index in [0.717, 1.165) is 39.0 Å². The Morgan fingerprint density at radius 2 is 1.89 bits per heavy atom. The van der Waals surface area contributed by atoms with Gasteiger partial charge in [0.05, 0.1) is 4.90 Å². The van der Waals surface area contributed by atoms with Crippen molar-refractivity contribution in [3.63, 3.8) is 0 Å². The van der Waals surface area contributed by atoms with E-state index in [1.807, 2.05) is 11.0 Å². The highest BCUT2D eigenvalue weighted by Gasteiger charge is 2.32. The van der Waals surface area contributed by atoms with Gasteiger partial charge in [-0.25, -0.2) is 8.42 Å². The van der Waals surface area contributed by atoms with Crippen LogP contribution in [0.3, 0.4) is 0 Å². The maximum absolute atomic E-state index is 13.3. The number of piperazine rings is 1. The van der Waals surface area contributed by atoms with E-state index in [2.05, 4.69) is 17.1 Å². The van der Waals surface area contributed by atoms with Gasteiger partial charge in [0.25, 0.3) is 0 Å². The van der Waals surface area contributed by atoms with Crippen LogP contribution in [0, 0.1) is 0 Å². The van der Waals surface area contributed by atoms with Gasteiger partial charge < -0.3 is 10.2 Å². The zero-order valence-corrected chi connectivity index (χ0v) is 17.5. The molecule has 0 spiro atoms. The fourth-order valence-electron chi connectivity index (χ4n) is 4.10. The first-order valence-corrected chi connectivity index (χ1v) is 11.7. The highest BCUT2D eigenvalue weighted by molar-refractivity contribution is 7.89. The molecule has 2 fully saturated rings. The molecule has 2 saturated heterocycles. The summed E-state index contributed by atoms with van der Waals surface area (Å²) in [5.74, 6) is 0.0357. The first kappa shape index (κ1) is 21.2. The van der Waals surface area contributed by atoms with Crippen LogP contribution in [0.4, 0.5) is 0 Å². The summed E-state index contributed by atoms with van der Waals surface area (Å²) in [5.41, 5.74) is 0. The van der Waals surface area contributed by atoms with Crippen LogP contribution < -0.4 is 5.32 Å². The summed E-state index contributed by atoms with van der Waals surface area (Å²) in [7, 11) is -3.62. The lowest BCUT2D eigenvalue weighted by Crippen LogP contribution is -2.48. The molecule has 0 aromatic heterocycles. The molecule has 1 N–H and O–H groups in total. The van der Waals surface area contributed by atoms with Gasteiger partial charge in [0, 0.05) is 51.7 Å². The molecule has 0 unspecified atom stereocenters. The van der Waals surface area contributed by atoms with Crippen molar-refractivity contribution in [2.45, 2.75) is 37.1 Å². The molecule has 8 heteroatoms. The number of benzene rings is 1. The van der Waals surface area contributed by atoms with Crippen LogP contribution in [-0.4, -0.2) is 86.8 Å². The van der Waals surface area contributed by atoms with Crippen LogP contribution in [0.25, 0.3) is 0 Å². The van der Waals surface area contributed by atoms with Gasteiger partial charge in [0.1, 0.15) is 0 Å². The fraction of sp³-hybridized carbons (Fsp3) is 0.650. The Kier molecular flexibility index (Phi) is 7.45. The Balaban J connectivity index is 1.73. The van der Waals surface area contributed by atoms with Crippen molar-refractivity contribution in [3.05, 3.63) is 30.3 Å². The minimum Gasteiger partial charge on any atom is -0.340 e. The number of likely N-dealkylation sites (tertiary alicyclic amines) is 1. The summed E-state index contributed by atoms with van der Waals surface area (Å²) < 4.78 is 28.1.